The zero-order valence-corrected chi connectivity index (χ0v) is 11.3. The number of carbonyl (C=O) groups is 1. The fraction of sp³-hybridized carbons (Fsp3) is 0.429. The Morgan fingerprint density at radius 3 is 3.00 bits per heavy atom. The van der Waals surface area contributed by atoms with Gasteiger partial charge in [-0.05, 0) is 18.7 Å². The highest BCUT2D eigenvalue weighted by molar-refractivity contribution is 5.92. The number of benzene rings is 1. The van der Waals surface area contributed by atoms with Crippen molar-refractivity contribution in [2.24, 2.45) is 5.92 Å². The van der Waals surface area contributed by atoms with Crippen LogP contribution in [-0.4, -0.2) is 25.6 Å². The van der Waals surface area contributed by atoms with Crippen LogP contribution in [0.5, 0.6) is 5.75 Å². The number of nitrogens with zero attached hydrogens (tertiary/aromatic N) is 1. The molecule has 0 bridgehead atoms. The summed E-state index contributed by atoms with van der Waals surface area (Å²) in [5.41, 5.74) is 0.670. The van der Waals surface area contributed by atoms with E-state index in [0.717, 1.165) is 6.54 Å². The van der Waals surface area contributed by atoms with Crippen LogP contribution in [-0.2, 0) is 4.79 Å². The molecule has 0 radical (unpaired) electrons. The molecule has 0 aliphatic heterocycles. The molecule has 2 N–H and O–H groups in total. The maximum atomic E-state index is 11.9. The van der Waals surface area contributed by atoms with Crippen LogP contribution in [0.4, 0.5) is 5.69 Å². The maximum Gasteiger partial charge on any atom is 0.228 e. The number of nitriles is 1. The number of anilines is 1. The summed E-state index contributed by atoms with van der Waals surface area (Å²) in [6.07, 6.45) is 0. The number of nitrogens with one attached hydrogen (secondary N) is 2. The van der Waals surface area contributed by atoms with Crippen molar-refractivity contribution in [3.8, 4) is 11.8 Å². The Morgan fingerprint density at radius 1 is 1.53 bits per heavy atom. The first-order valence-electron chi connectivity index (χ1n) is 6.28. The lowest BCUT2D eigenvalue weighted by molar-refractivity contribution is -0.119. The van der Waals surface area contributed by atoms with Gasteiger partial charge in [0.2, 0.25) is 5.91 Å². The topological polar surface area (TPSA) is 74.2 Å². The number of carbonyl (C=O) groups excluding carboxylic acids is 1. The third kappa shape index (κ3) is 5.40. The lowest BCUT2D eigenvalue weighted by atomic mass is 10.1. The predicted molar refractivity (Wildman–Crippen MR) is 73.9 cm³/mol. The van der Waals surface area contributed by atoms with Crippen molar-refractivity contribution in [3.05, 3.63) is 24.3 Å². The van der Waals surface area contributed by atoms with Gasteiger partial charge in [-0.1, -0.05) is 19.9 Å². The van der Waals surface area contributed by atoms with E-state index in [-0.39, 0.29) is 18.4 Å². The largest absolute Gasteiger partial charge is 0.479 e. The highest BCUT2D eigenvalue weighted by Crippen LogP contribution is 2.17. The average molecular weight is 261 g/mol. The molecular formula is C14H19N3O2. The second-order valence-corrected chi connectivity index (χ2v) is 4.17. The van der Waals surface area contributed by atoms with Gasteiger partial charge in [0.1, 0.15) is 11.8 Å². The molecule has 1 atom stereocenters. The Bertz CT molecular complexity index is 454. The fourth-order valence-corrected chi connectivity index (χ4v) is 1.50. The zero-order valence-electron chi connectivity index (χ0n) is 11.3. The zero-order chi connectivity index (χ0) is 14.1. The molecule has 19 heavy (non-hydrogen) atoms. The second kappa shape index (κ2) is 8.11. The molecule has 0 saturated heterocycles. The normalized spacial score (nSPS) is 11.4. The quantitative estimate of drug-likeness (QED) is 0.784. The van der Waals surface area contributed by atoms with Gasteiger partial charge in [0.05, 0.1) is 0 Å². The van der Waals surface area contributed by atoms with Crippen LogP contribution in [0.15, 0.2) is 24.3 Å². The van der Waals surface area contributed by atoms with Crippen molar-refractivity contribution >= 4 is 11.6 Å². The van der Waals surface area contributed by atoms with Crippen molar-refractivity contribution in [2.45, 2.75) is 13.8 Å². The molecule has 0 heterocycles. The van der Waals surface area contributed by atoms with Crippen molar-refractivity contribution in [1.82, 2.24) is 5.32 Å². The predicted octanol–water partition coefficient (Wildman–Crippen LogP) is 1.77. The van der Waals surface area contributed by atoms with Gasteiger partial charge in [0.15, 0.2) is 6.61 Å². The second-order valence-electron chi connectivity index (χ2n) is 4.17. The molecule has 1 unspecified atom stereocenters. The molecular weight excluding hydrogens is 242 g/mol. The standard InChI is InChI=1S/C14H19N3O2/c1-3-16-10-11(2)14(18)17-12-5-4-6-13(9-12)19-8-7-15/h4-6,9,11,16H,3,8,10H2,1-2H3,(H,17,18). The summed E-state index contributed by atoms with van der Waals surface area (Å²) in [4.78, 5) is 11.9. The van der Waals surface area contributed by atoms with Gasteiger partial charge >= 0.3 is 0 Å². The van der Waals surface area contributed by atoms with E-state index in [0.29, 0.717) is 18.0 Å². The van der Waals surface area contributed by atoms with E-state index in [1.165, 1.54) is 0 Å². The Balaban J connectivity index is 2.56. The lowest BCUT2D eigenvalue weighted by Crippen LogP contribution is -2.30. The first kappa shape index (κ1) is 15.0. The van der Waals surface area contributed by atoms with Gasteiger partial charge in [-0.2, -0.15) is 5.26 Å². The van der Waals surface area contributed by atoms with Gasteiger partial charge in [-0.15, -0.1) is 0 Å². The minimum atomic E-state index is -0.108. The van der Waals surface area contributed by atoms with E-state index in [2.05, 4.69) is 10.6 Å². The fourth-order valence-electron chi connectivity index (χ4n) is 1.50. The SMILES string of the molecule is CCNCC(C)C(=O)Nc1cccc(OCC#N)c1. The molecule has 0 aromatic heterocycles. The molecule has 0 aliphatic rings. The van der Waals surface area contributed by atoms with Crippen molar-refractivity contribution in [2.75, 3.05) is 25.0 Å². The van der Waals surface area contributed by atoms with Crippen molar-refractivity contribution in [1.29, 1.82) is 5.26 Å². The highest BCUT2D eigenvalue weighted by atomic mass is 16.5. The average Bonchev–Trinajstić information content (AvgIpc) is 2.42. The molecule has 0 spiro atoms. The van der Waals surface area contributed by atoms with Crippen LogP contribution in [0.25, 0.3) is 0 Å². The number of hydrogen-bond donors (Lipinski definition) is 2. The molecule has 0 saturated carbocycles. The molecule has 1 rings (SSSR count). The summed E-state index contributed by atoms with van der Waals surface area (Å²) < 4.78 is 5.18. The number of rotatable bonds is 7. The molecule has 102 valence electrons. The molecule has 1 amide bonds. The Morgan fingerprint density at radius 2 is 2.32 bits per heavy atom. The summed E-state index contributed by atoms with van der Waals surface area (Å²) in [6.45, 7) is 5.35. The number of amides is 1. The Hall–Kier alpha value is -2.06. The molecule has 1 aromatic rings. The van der Waals surface area contributed by atoms with Gasteiger partial charge in [0.25, 0.3) is 0 Å². The third-order valence-electron chi connectivity index (χ3n) is 2.55. The van der Waals surface area contributed by atoms with Gasteiger partial charge < -0.3 is 15.4 Å². The summed E-state index contributed by atoms with van der Waals surface area (Å²) in [7, 11) is 0. The van der Waals surface area contributed by atoms with Crippen LogP contribution in [0.2, 0.25) is 0 Å². The monoisotopic (exact) mass is 261 g/mol. The molecule has 0 aliphatic carbocycles. The van der Waals surface area contributed by atoms with Crippen molar-refractivity contribution < 1.29 is 9.53 Å². The summed E-state index contributed by atoms with van der Waals surface area (Å²) in [6, 6.07) is 8.91. The summed E-state index contributed by atoms with van der Waals surface area (Å²) in [5, 5.41) is 14.4. The van der Waals surface area contributed by atoms with Gasteiger partial charge in [0, 0.05) is 24.2 Å². The van der Waals surface area contributed by atoms with Crippen LogP contribution in [0, 0.1) is 17.2 Å². The molecule has 1 aromatic carbocycles. The summed E-state index contributed by atoms with van der Waals surface area (Å²) in [5.74, 6) is 0.417. The first-order valence-corrected chi connectivity index (χ1v) is 6.28. The molecule has 5 nitrogen and oxygen atoms in total. The van der Waals surface area contributed by atoms with E-state index >= 15 is 0 Å². The third-order valence-corrected chi connectivity index (χ3v) is 2.55. The summed E-state index contributed by atoms with van der Waals surface area (Å²) >= 11 is 0. The van der Waals surface area contributed by atoms with Crippen LogP contribution < -0.4 is 15.4 Å². The minimum Gasteiger partial charge on any atom is -0.479 e. The number of ether oxygens (including phenoxy) is 1. The van der Waals surface area contributed by atoms with Gasteiger partial charge in [-0.25, -0.2) is 0 Å². The van der Waals surface area contributed by atoms with Crippen LogP contribution >= 0.6 is 0 Å². The van der Waals surface area contributed by atoms with Crippen LogP contribution in [0.3, 0.4) is 0 Å². The van der Waals surface area contributed by atoms with Crippen molar-refractivity contribution in [3.63, 3.8) is 0 Å². The smallest absolute Gasteiger partial charge is 0.228 e. The van der Waals surface area contributed by atoms with E-state index in [4.69, 9.17) is 10.00 Å². The van der Waals surface area contributed by atoms with E-state index in [1.54, 1.807) is 24.3 Å². The van der Waals surface area contributed by atoms with E-state index < -0.39 is 0 Å². The number of hydrogen-bond acceptors (Lipinski definition) is 4. The van der Waals surface area contributed by atoms with E-state index in [9.17, 15) is 4.79 Å². The lowest BCUT2D eigenvalue weighted by Gasteiger charge is -2.13. The maximum absolute atomic E-state index is 11.9. The molecule has 5 heteroatoms. The van der Waals surface area contributed by atoms with E-state index in [1.807, 2.05) is 19.9 Å². The Kier molecular flexibility index (Phi) is 6.41. The first-order chi connectivity index (χ1) is 9.17. The van der Waals surface area contributed by atoms with Crippen LogP contribution in [0.1, 0.15) is 13.8 Å². The Labute approximate surface area is 113 Å². The van der Waals surface area contributed by atoms with Gasteiger partial charge in [-0.3, -0.25) is 4.79 Å². The molecule has 0 fully saturated rings. The minimum absolute atomic E-state index is 0.00573. The highest BCUT2D eigenvalue weighted by Gasteiger charge is 2.12.